The van der Waals surface area contributed by atoms with E-state index in [-0.39, 0.29) is 5.92 Å². The Hall–Kier alpha value is -0.570. The Bertz CT molecular complexity index is 343. The second-order valence-electron chi connectivity index (χ2n) is 7.41. The van der Waals surface area contributed by atoms with Crippen LogP contribution >= 0.6 is 0 Å². The standard InChI is InChI=1S/C15H23NO2/c17-14(18)13-1-2-16(9-13)15-6-10-3-11(7-15)5-12(4-10)8-15/h10-13H,1-9H2,(H,17,18). The number of hydrogen-bond donors (Lipinski definition) is 1. The lowest BCUT2D eigenvalue weighted by Gasteiger charge is -2.60. The first-order chi connectivity index (χ1) is 8.64. The average Bonchev–Trinajstić information content (AvgIpc) is 2.76. The van der Waals surface area contributed by atoms with Crippen molar-refractivity contribution in [2.45, 2.75) is 50.5 Å². The molecular weight excluding hydrogens is 226 g/mol. The van der Waals surface area contributed by atoms with Gasteiger partial charge in [-0.15, -0.1) is 0 Å². The van der Waals surface area contributed by atoms with Crippen LogP contribution in [-0.4, -0.2) is 34.6 Å². The molecule has 1 aliphatic heterocycles. The molecule has 1 atom stereocenters. The van der Waals surface area contributed by atoms with Crippen LogP contribution < -0.4 is 0 Å². The smallest absolute Gasteiger partial charge is 0.307 e. The van der Waals surface area contributed by atoms with E-state index in [2.05, 4.69) is 4.90 Å². The van der Waals surface area contributed by atoms with Gasteiger partial charge in [-0.2, -0.15) is 0 Å². The predicted molar refractivity (Wildman–Crippen MR) is 68.2 cm³/mol. The van der Waals surface area contributed by atoms with E-state index in [1.807, 2.05) is 0 Å². The number of carboxylic acids is 1. The molecule has 4 bridgehead atoms. The third-order valence-electron chi connectivity index (χ3n) is 6.21. The number of aliphatic carboxylic acids is 1. The molecule has 18 heavy (non-hydrogen) atoms. The molecule has 0 spiro atoms. The van der Waals surface area contributed by atoms with Gasteiger partial charge in [0.2, 0.25) is 0 Å². The fourth-order valence-electron chi connectivity index (χ4n) is 5.84. The molecule has 4 aliphatic carbocycles. The molecule has 100 valence electrons. The van der Waals surface area contributed by atoms with E-state index in [4.69, 9.17) is 0 Å². The van der Waals surface area contributed by atoms with Gasteiger partial charge in [0.15, 0.2) is 0 Å². The number of carbonyl (C=O) groups is 1. The van der Waals surface area contributed by atoms with Gasteiger partial charge >= 0.3 is 5.97 Å². The Morgan fingerprint density at radius 2 is 1.61 bits per heavy atom. The van der Waals surface area contributed by atoms with Gasteiger partial charge < -0.3 is 5.11 Å². The number of nitrogens with zero attached hydrogens (tertiary/aromatic N) is 1. The summed E-state index contributed by atoms with van der Waals surface area (Å²) in [6.07, 6.45) is 9.37. The number of carboxylic acid groups (broad SMARTS) is 1. The predicted octanol–water partition coefficient (Wildman–Crippen LogP) is 2.36. The van der Waals surface area contributed by atoms with Gasteiger partial charge in [0.1, 0.15) is 0 Å². The summed E-state index contributed by atoms with van der Waals surface area (Å²) in [6.45, 7) is 1.85. The minimum absolute atomic E-state index is 0.0991. The van der Waals surface area contributed by atoms with Gasteiger partial charge in [0.25, 0.3) is 0 Å². The third kappa shape index (κ3) is 1.56. The van der Waals surface area contributed by atoms with Crippen LogP contribution in [0.15, 0.2) is 0 Å². The second-order valence-corrected chi connectivity index (χ2v) is 7.41. The summed E-state index contributed by atoms with van der Waals surface area (Å²) in [5.41, 5.74) is 0.416. The molecule has 5 aliphatic rings. The minimum Gasteiger partial charge on any atom is -0.481 e. The molecule has 0 aromatic heterocycles. The van der Waals surface area contributed by atoms with Crippen LogP contribution in [0.2, 0.25) is 0 Å². The van der Waals surface area contributed by atoms with Crippen molar-refractivity contribution in [3.05, 3.63) is 0 Å². The first kappa shape index (κ1) is 11.3. The normalized spacial score (nSPS) is 50.9. The first-order valence-electron chi connectivity index (χ1n) is 7.62. The molecular formula is C15H23NO2. The van der Waals surface area contributed by atoms with E-state index in [9.17, 15) is 9.90 Å². The number of hydrogen-bond acceptors (Lipinski definition) is 2. The van der Waals surface area contributed by atoms with Gasteiger partial charge in [0.05, 0.1) is 5.92 Å². The van der Waals surface area contributed by atoms with Crippen molar-refractivity contribution in [1.29, 1.82) is 0 Å². The van der Waals surface area contributed by atoms with Crippen molar-refractivity contribution in [3.63, 3.8) is 0 Å². The van der Waals surface area contributed by atoms with E-state index in [0.29, 0.717) is 5.54 Å². The zero-order valence-corrected chi connectivity index (χ0v) is 11.0. The SMILES string of the molecule is O=C(O)C1CCN(C23CC4CC(CC(C4)C2)C3)C1. The highest BCUT2D eigenvalue weighted by molar-refractivity contribution is 5.70. The molecule has 3 nitrogen and oxygen atoms in total. The highest BCUT2D eigenvalue weighted by atomic mass is 16.4. The monoisotopic (exact) mass is 249 g/mol. The Morgan fingerprint density at radius 1 is 1.06 bits per heavy atom. The maximum atomic E-state index is 11.1. The lowest BCUT2D eigenvalue weighted by Crippen LogP contribution is -2.59. The van der Waals surface area contributed by atoms with E-state index in [1.54, 1.807) is 0 Å². The van der Waals surface area contributed by atoms with E-state index >= 15 is 0 Å². The summed E-state index contributed by atoms with van der Waals surface area (Å²) in [4.78, 5) is 13.7. The van der Waals surface area contributed by atoms with E-state index in [1.165, 1.54) is 38.5 Å². The quantitative estimate of drug-likeness (QED) is 0.816. The van der Waals surface area contributed by atoms with Gasteiger partial charge in [0, 0.05) is 12.1 Å². The van der Waals surface area contributed by atoms with Crippen LogP contribution in [0.1, 0.15) is 44.9 Å². The fourth-order valence-corrected chi connectivity index (χ4v) is 5.84. The summed E-state index contributed by atoms with van der Waals surface area (Å²) in [7, 11) is 0. The van der Waals surface area contributed by atoms with E-state index < -0.39 is 5.97 Å². The highest BCUT2D eigenvalue weighted by Crippen LogP contribution is 2.58. The summed E-state index contributed by atoms with van der Waals surface area (Å²) >= 11 is 0. The van der Waals surface area contributed by atoms with Crippen molar-refractivity contribution in [1.82, 2.24) is 4.90 Å². The molecule has 1 unspecified atom stereocenters. The first-order valence-corrected chi connectivity index (χ1v) is 7.62. The molecule has 0 aromatic rings. The van der Waals surface area contributed by atoms with Crippen molar-refractivity contribution < 1.29 is 9.90 Å². The molecule has 4 saturated carbocycles. The summed E-state index contributed by atoms with van der Waals surface area (Å²) in [6, 6.07) is 0. The van der Waals surface area contributed by atoms with Crippen molar-refractivity contribution in [2.75, 3.05) is 13.1 Å². The largest absolute Gasteiger partial charge is 0.481 e. The summed E-state index contributed by atoms with van der Waals surface area (Å²) in [5, 5.41) is 9.19. The van der Waals surface area contributed by atoms with Crippen molar-refractivity contribution in [2.24, 2.45) is 23.7 Å². The van der Waals surface area contributed by atoms with Crippen LogP contribution in [0.5, 0.6) is 0 Å². The molecule has 3 heteroatoms. The van der Waals surface area contributed by atoms with Crippen LogP contribution in [0.4, 0.5) is 0 Å². The summed E-state index contributed by atoms with van der Waals surface area (Å²) < 4.78 is 0. The lowest BCUT2D eigenvalue weighted by atomic mass is 9.52. The molecule has 0 aromatic carbocycles. The maximum absolute atomic E-state index is 11.1. The minimum atomic E-state index is -0.581. The van der Waals surface area contributed by atoms with Crippen molar-refractivity contribution in [3.8, 4) is 0 Å². The van der Waals surface area contributed by atoms with Gasteiger partial charge in [-0.05, 0) is 69.2 Å². The molecule has 5 rings (SSSR count). The molecule has 0 radical (unpaired) electrons. The Labute approximate surface area is 109 Å². The van der Waals surface area contributed by atoms with Gasteiger partial charge in [-0.3, -0.25) is 9.69 Å². The number of likely N-dealkylation sites (tertiary alicyclic amines) is 1. The number of rotatable bonds is 2. The van der Waals surface area contributed by atoms with Gasteiger partial charge in [-0.25, -0.2) is 0 Å². The molecule has 1 heterocycles. The van der Waals surface area contributed by atoms with Crippen LogP contribution in [0, 0.1) is 23.7 Å². The molecule has 5 fully saturated rings. The lowest BCUT2D eigenvalue weighted by molar-refractivity contribution is -0.141. The molecule has 1 saturated heterocycles. The third-order valence-corrected chi connectivity index (χ3v) is 6.21. The van der Waals surface area contributed by atoms with E-state index in [0.717, 1.165) is 37.3 Å². The summed E-state index contributed by atoms with van der Waals surface area (Å²) in [5.74, 6) is 2.20. The van der Waals surface area contributed by atoms with Crippen molar-refractivity contribution >= 4 is 5.97 Å². The fraction of sp³-hybridized carbons (Fsp3) is 0.933. The second kappa shape index (κ2) is 3.72. The van der Waals surface area contributed by atoms with Gasteiger partial charge in [-0.1, -0.05) is 0 Å². The highest BCUT2D eigenvalue weighted by Gasteiger charge is 2.54. The Morgan fingerprint density at radius 3 is 2.06 bits per heavy atom. The zero-order valence-electron chi connectivity index (χ0n) is 11.0. The molecule has 1 N–H and O–H groups in total. The zero-order chi connectivity index (χ0) is 12.3. The van der Waals surface area contributed by atoms with Crippen LogP contribution in [-0.2, 0) is 4.79 Å². The maximum Gasteiger partial charge on any atom is 0.307 e. The van der Waals surface area contributed by atoms with Crippen LogP contribution in [0.25, 0.3) is 0 Å². The average molecular weight is 249 g/mol. The Balaban J connectivity index is 1.56. The Kier molecular flexibility index (Phi) is 2.33. The van der Waals surface area contributed by atoms with Crippen LogP contribution in [0.3, 0.4) is 0 Å². The molecule has 0 amide bonds. The topological polar surface area (TPSA) is 40.5 Å².